The molecule has 5 heteroatoms. The van der Waals surface area contributed by atoms with Crippen molar-refractivity contribution in [1.82, 2.24) is 14.7 Å². The maximum atomic E-state index is 12.4. The predicted molar refractivity (Wildman–Crippen MR) is 92.6 cm³/mol. The van der Waals surface area contributed by atoms with Gasteiger partial charge in [0, 0.05) is 32.8 Å². The molecule has 0 radical (unpaired) electrons. The number of carbonyl (C=O) groups is 1. The summed E-state index contributed by atoms with van der Waals surface area (Å²) in [6, 6.07) is 10.4. The average molecular weight is 327 g/mol. The summed E-state index contributed by atoms with van der Waals surface area (Å²) in [5.74, 6) is 0.215. The number of hydrogen-bond donors (Lipinski definition) is 0. The van der Waals surface area contributed by atoms with Crippen LogP contribution in [-0.2, 0) is 29.4 Å². The van der Waals surface area contributed by atoms with Gasteiger partial charge < -0.3 is 9.64 Å². The van der Waals surface area contributed by atoms with E-state index < -0.39 is 0 Å². The highest BCUT2D eigenvalue weighted by Gasteiger charge is 2.23. The molecule has 0 saturated carbocycles. The highest BCUT2D eigenvalue weighted by Crippen LogP contribution is 2.14. The van der Waals surface area contributed by atoms with Crippen molar-refractivity contribution < 1.29 is 9.53 Å². The Hall–Kier alpha value is -2.14. The molecular formula is C19H25N3O2. The van der Waals surface area contributed by atoms with E-state index in [1.807, 2.05) is 30.4 Å². The van der Waals surface area contributed by atoms with E-state index in [2.05, 4.69) is 29.4 Å². The Morgan fingerprint density at radius 3 is 2.83 bits per heavy atom. The van der Waals surface area contributed by atoms with Crippen LogP contribution in [0.3, 0.4) is 0 Å². The number of carbonyl (C=O) groups excluding carboxylic acids is 1. The predicted octanol–water partition coefficient (Wildman–Crippen LogP) is 2.21. The van der Waals surface area contributed by atoms with Gasteiger partial charge in [0.1, 0.15) is 0 Å². The zero-order valence-electron chi connectivity index (χ0n) is 14.2. The van der Waals surface area contributed by atoms with Gasteiger partial charge in [0.2, 0.25) is 5.91 Å². The van der Waals surface area contributed by atoms with Crippen LogP contribution < -0.4 is 0 Å². The van der Waals surface area contributed by atoms with Crippen LogP contribution in [0.5, 0.6) is 0 Å². The van der Waals surface area contributed by atoms with Gasteiger partial charge in [0.15, 0.2) is 0 Å². The fraction of sp³-hybridized carbons (Fsp3) is 0.474. The second-order valence-electron chi connectivity index (χ2n) is 6.38. The molecule has 1 aliphatic rings. The maximum Gasteiger partial charge on any atom is 0.223 e. The standard InChI is InChI=1S/C19H25N3O2/c1-21-14-17(13-20-21)8-10-19(23)22-11-12-24-18(15-22)9-7-16-5-3-2-4-6-16/h2-6,13-14,18H,7-12,15H2,1H3. The van der Waals surface area contributed by atoms with E-state index in [0.29, 0.717) is 26.1 Å². The summed E-state index contributed by atoms with van der Waals surface area (Å²) < 4.78 is 7.61. The molecule has 0 N–H and O–H groups in total. The molecule has 1 aliphatic heterocycles. The first kappa shape index (κ1) is 16.7. The Morgan fingerprint density at radius 1 is 1.25 bits per heavy atom. The molecule has 2 aromatic rings. The summed E-state index contributed by atoms with van der Waals surface area (Å²) in [7, 11) is 1.89. The number of aryl methyl sites for hydroxylation is 3. The molecule has 1 fully saturated rings. The van der Waals surface area contributed by atoms with Crippen molar-refractivity contribution in [3.05, 3.63) is 53.9 Å². The second-order valence-corrected chi connectivity index (χ2v) is 6.38. The Kier molecular flexibility index (Phi) is 5.64. The summed E-state index contributed by atoms with van der Waals surface area (Å²) >= 11 is 0. The zero-order chi connectivity index (χ0) is 16.8. The summed E-state index contributed by atoms with van der Waals surface area (Å²) in [6.07, 6.45) is 7.17. The lowest BCUT2D eigenvalue weighted by molar-refractivity contribution is -0.138. The third kappa shape index (κ3) is 4.68. The van der Waals surface area contributed by atoms with Crippen molar-refractivity contribution in [3.63, 3.8) is 0 Å². The third-order valence-electron chi connectivity index (χ3n) is 4.48. The van der Waals surface area contributed by atoms with Gasteiger partial charge >= 0.3 is 0 Å². The Morgan fingerprint density at radius 2 is 2.08 bits per heavy atom. The molecule has 1 saturated heterocycles. The summed E-state index contributed by atoms with van der Waals surface area (Å²) in [6.45, 7) is 2.05. The molecule has 1 aromatic heterocycles. The minimum atomic E-state index is 0.140. The number of nitrogens with zero attached hydrogens (tertiary/aromatic N) is 3. The van der Waals surface area contributed by atoms with Crippen LogP contribution in [0.1, 0.15) is 24.0 Å². The molecule has 5 nitrogen and oxygen atoms in total. The molecule has 1 aromatic carbocycles. The van der Waals surface area contributed by atoms with Crippen LogP contribution in [0.15, 0.2) is 42.7 Å². The molecule has 0 aliphatic carbocycles. The third-order valence-corrected chi connectivity index (χ3v) is 4.48. The van der Waals surface area contributed by atoms with E-state index in [-0.39, 0.29) is 12.0 Å². The Bertz CT molecular complexity index is 654. The number of amides is 1. The van der Waals surface area contributed by atoms with E-state index >= 15 is 0 Å². The molecule has 24 heavy (non-hydrogen) atoms. The molecule has 128 valence electrons. The Balaban J connectivity index is 1.45. The Labute approximate surface area is 143 Å². The molecular weight excluding hydrogens is 302 g/mol. The van der Waals surface area contributed by atoms with Gasteiger partial charge in [0.25, 0.3) is 0 Å². The largest absolute Gasteiger partial charge is 0.375 e. The molecule has 1 unspecified atom stereocenters. The first-order chi connectivity index (χ1) is 11.7. The number of morpholine rings is 1. The van der Waals surface area contributed by atoms with Crippen molar-refractivity contribution in [1.29, 1.82) is 0 Å². The monoisotopic (exact) mass is 327 g/mol. The van der Waals surface area contributed by atoms with Gasteiger partial charge in [-0.05, 0) is 30.4 Å². The first-order valence-electron chi connectivity index (χ1n) is 8.61. The van der Waals surface area contributed by atoms with Crippen molar-refractivity contribution >= 4 is 5.91 Å². The molecule has 2 heterocycles. The normalized spacial score (nSPS) is 17.9. The van der Waals surface area contributed by atoms with Crippen LogP contribution in [0.4, 0.5) is 0 Å². The van der Waals surface area contributed by atoms with Crippen LogP contribution in [-0.4, -0.2) is 46.4 Å². The van der Waals surface area contributed by atoms with Crippen molar-refractivity contribution in [3.8, 4) is 0 Å². The summed E-state index contributed by atoms with van der Waals surface area (Å²) in [5.41, 5.74) is 2.43. The highest BCUT2D eigenvalue weighted by molar-refractivity contribution is 5.76. The van der Waals surface area contributed by atoms with E-state index in [9.17, 15) is 4.79 Å². The average Bonchev–Trinajstić information content (AvgIpc) is 3.04. The minimum Gasteiger partial charge on any atom is -0.375 e. The number of benzene rings is 1. The molecule has 3 rings (SSSR count). The van der Waals surface area contributed by atoms with E-state index in [0.717, 1.165) is 24.8 Å². The van der Waals surface area contributed by atoms with Crippen LogP contribution >= 0.6 is 0 Å². The minimum absolute atomic E-state index is 0.140. The van der Waals surface area contributed by atoms with Gasteiger partial charge in [-0.25, -0.2) is 0 Å². The zero-order valence-corrected chi connectivity index (χ0v) is 14.2. The van der Waals surface area contributed by atoms with Crippen LogP contribution in [0.2, 0.25) is 0 Å². The SMILES string of the molecule is Cn1cc(CCC(=O)N2CCOC(CCc3ccccc3)C2)cn1. The molecule has 1 atom stereocenters. The second kappa shape index (κ2) is 8.11. The van der Waals surface area contributed by atoms with E-state index in [1.165, 1.54) is 5.56 Å². The number of ether oxygens (including phenoxy) is 1. The van der Waals surface area contributed by atoms with Gasteiger partial charge in [-0.3, -0.25) is 9.48 Å². The van der Waals surface area contributed by atoms with Gasteiger partial charge in [-0.1, -0.05) is 30.3 Å². The number of aromatic nitrogens is 2. The fourth-order valence-corrected chi connectivity index (χ4v) is 3.10. The summed E-state index contributed by atoms with van der Waals surface area (Å²) in [5, 5.41) is 4.14. The number of hydrogen-bond acceptors (Lipinski definition) is 3. The summed E-state index contributed by atoms with van der Waals surface area (Å²) in [4.78, 5) is 14.4. The first-order valence-corrected chi connectivity index (χ1v) is 8.61. The topological polar surface area (TPSA) is 47.4 Å². The maximum absolute atomic E-state index is 12.4. The van der Waals surface area contributed by atoms with Crippen molar-refractivity contribution in [2.24, 2.45) is 7.05 Å². The molecule has 1 amide bonds. The molecule has 0 bridgehead atoms. The van der Waals surface area contributed by atoms with Crippen LogP contribution in [0.25, 0.3) is 0 Å². The van der Waals surface area contributed by atoms with Crippen molar-refractivity contribution in [2.75, 3.05) is 19.7 Å². The lowest BCUT2D eigenvalue weighted by Gasteiger charge is -2.33. The quantitative estimate of drug-likeness (QED) is 0.817. The lowest BCUT2D eigenvalue weighted by Crippen LogP contribution is -2.45. The highest BCUT2D eigenvalue weighted by atomic mass is 16.5. The van der Waals surface area contributed by atoms with Crippen LogP contribution in [0, 0.1) is 0 Å². The fourth-order valence-electron chi connectivity index (χ4n) is 3.10. The number of rotatable bonds is 6. The molecule has 0 spiro atoms. The van der Waals surface area contributed by atoms with Gasteiger partial charge in [-0.15, -0.1) is 0 Å². The van der Waals surface area contributed by atoms with Crippen molar-refractivity contribution in [2.45, 2.75) is 31.8 Å². The lowest BCUT2D eigenvalue weighted by atomic mass is 10.1. The smallest absolute Gasteiger partial charge is 0.223 e. The van der Waals surface area contributed by atoms with Gasteiger partial charge in [0.05, 0.1) is 18.9 Å². The van der Waals surface area contributed by atoms with E-state index in [4.69, 9.17) is 4.74 Å². The van der Waals surface area contributed by atoms with Gasteiger partial charge in [-0.2, -0.15) is 5.10 Å². The van der Waals surface area contributed by atoms with E-state index in [1.54, 1.807) is 4.68 Å².